The molecule has 0 aromatic rings. The van der Waals surface area contributed by atoms with Crippen LogP contribution in [0.3, 0.4) is 0 Å². The van der Waals surface area contributed by atoms with Crippen LogP contribution in [0.2, 0.25) is 0 Å². The Balaban J connectivity index is 3.14. The summed E-state index contributed by atoms with van der Waals surface area (Å²) in [5.74, 6) is -0.111. The van der Waals surface area contributed by atoms with Gasteiger partial charge in [0, 0.05) is 11.1 Å². The van der Waals surface area contributed by atoms with Crippen LogP contribution in [0, 0.1) is 0 Å². The van der Waals surface area contributed by atoms with Crippen molar-refractivity contribution in [2.45, 2.75) is 20.3 Å². The Hall–Kier alpha value is -1.38. The molecule has 0 fully saturated rings. The number of allylic oxidation sites excluding steroid dienone is 3. The first-order valence-electron chi connectivity index (χ1n) is 4.16. The molecule has 0 aromatic heterocycles. The molecule has 0 heterocycles. The smallest absolute Gasteiger partial charge is 0.224 e. The van der Waals surface area contributed by atoms with Gasteiger partial charge in [0.05, 0.1) is 7.11 Å². The second-order valence-electron chi connectivity index (χ2n) is 2.87. The van der Waals surface area contributed by atoms with Gasteiger partial charge < -0.3 is 4.74 Å². The van der Waals surface area contributed by atoms with Crippen molar-refractivity contribution in [3.05, 3.63) is 23.0 Å². The monoisotopic (exact) mass is 180 g/mol. The molecule has 0 radical (unpaired) electrons. The summed E-state index contributed by atoms with van der Waals surface area (Å²) >= 11 is 0. The zero-order chi connectivity index (χ0) is 10.0. The minimum atomic E-state index is -0.165. The van der Waals surface area contributed by atoms with E-state index in [0.717, 1.165) is 0 Å². The van der Waals surface area contributed by atoms with Gasteiger partial charge in [-0.25, -0.2) is 0 Å². The topological polar surface area (TPSA) is 43.4 Å². The number of hydrogen-bond acceptors (Lipinski definition) is 3. The third-order valence-electron chi connectivity index (χ3n) is 2.10. The van der Waals surface area contributed by atoms with E-state index in [4.69, 9.17) is 4.74 Å². The van der Waals surface area contributed by atoms with Crippen molar-refractivity contribution < 1.29 is 14.3 Å². The summed E-state index contributed by atoms with van der Waals surface area (Å²) in [5, 5.41) is 0. The number of carbonyl (C=O) groups excluding carboxylic acids is 2. The number of ketones is 2. The SMILES string of the molecule is CCC1=CC(=O)C(C)=C(OC)C1=O. The van der Waals surface area contributed by atoms with E-state index in [1.54, 1.807) is 6.92 Å². The predicted molar refractivity (Wildman–Crippen MR) is 48.1 cm³/mol. The van der Waals surface area contributed by atoms with E-state index >= 15 is 0 Å². The molecule has 1 aliphatic carbocycles. The van der Waals surface area contributed by atoms with Gasteiger partial charge in [-0.3, -0.25) is 9.59 Å². The van der Waals surface area contributed by atoms with Crippen LogP contribution >= 0.6 is 0 Å². The van der Waals surface area contributed by atoms with Crippen LogP contribution in [0.5, 0.6) is 0 Å². The highest BCUT2D eigenvalue weighted by Gasteiger charge is 2.25. The van der Waals surface area contributed by atoms with Gasteiger partial charge in [-0.2, -0.15) is 0 Å². The van der Waals surface area contributed by atoms with Crippen LogP contribution in [-0.2, 0) is 14.3 Å². The van der Waals surface area contributed by atoms with Crippen molar-refractivity contribution in [2.24, 2.45) is 0 Å². The molecule has 3 nitrogen and oxygen atoms in total. The minimum Gasteiger partial charge on any atom is -0.492 e. The fraction of sp³-hybridized carbons (Fsp3) is 0.400. The van der Waals surface area contributed by atoms with Crippen molar-refractivity contribution in [1.82, 2.24) is 0 Å². The van der Waals surface area contributed by atoms with E-state index in [0.29, 0.717) is 17.6 Å². The molecule has 70 valence electrons. The van der Waals surface area contributed by atoms with Crippen molar-refractivity contribution in [3.8, 4) is 0 Å². The van der Waals surface area contributed by atoms with E-state index < -0.39 is 0 Å². The first kappa shape index (κ1) is 9.71. The van der Waals surface area contributed by atoms with Gasteiger partial charge in [-0.05, 0) is 19.4 Å². The zero-order valence-electron chi connectivity index (χ0n) is 8.01. The average molecular weight is 180 g/mol. The summed E-state index contributed by atoms with van der Waals surface area (Å²) in [6.45, 7) is 3.44. The Bertz CT molecular complexity index is 321. The third-order valence-corrected chi connectivity index (χ3v) is 2.10. The molecule has 13 heavy (non-hydrogen) atoms. The van der Waals surface area contributed by atoms with Gasteiger partial charge in [0.1, 0.15) is 0 Å². The summed E-state index contributed by atoms with van der Waals surface area (Å²) in [4.78, 5) is 22.9. The van der Waals surface area contributed by atoms with Gasteiger partial charge >= 0.3 is 0 Å². The summed E-state index contributed by atoms with van der Waals surface area (Å²) in [7, 11) is 1.41. The van der Waals surface area contributed by atoms with Gasteiger partial charge in [0.25, 0.3) is 0 Å². The molecule has 0 saturated heterocycles. The Morgan fingerprint density at radius 3 is 2.46 bits per heavy atom. The molecule has 3 heteroatoms. The highest BCUT2D eigenvalue weighted by Crippen LogP contribution is 2.20. The molecule has 1 rings (SSSR count). The summed E-state index contributed by atoms with van der Waals surface area (Å²) in [5.41, 5.74) is 0.914. The second kappa shape index (κ2) is 3.56. The lowest BCUT2D eigenvalue weighted by molar-refractivity contribution is -0.118. The number of rotatable bonds is 2. The van der Waals surface area contributed by atoms with Gasteiger partial charge in [-0.15, -0.1) is 0 Å². The Morgan fingerprint density at radius 1 is 1.38 bits per heavy atom. The maximum atomic E-state index is 11.5. The first-order valence-corrected chi connectivity index (χ1v) is 4.16. The Morgan fingerprint density at radius 2 is 2.00 bits per heavy atom. The molecular formula is C10H12O3. The van der Waals surface area contributed by atoms with Crippen LogP contribution < -0.4 is 0 Å². The highest BCUT2D eigenvalue weighted by molar-refractivity contribution is 6.21. The van der Waals surface area contributed by atoms with Gasteiger partial charge in [0.15, 0.2) is 11.5 Å². The molecule has 0 bridgehead atoms. The van der Waals surface area contributed by atoms with E-state index in [1.807, 2.05) is 6.92 Å². The number of hydrogen-bond donors (Lipinski definition) is 0. The lowest BCUT2D eigenvalue weighted by Crippen LogP contribution is -2.18. The van der Waals surface area contributed by atoms with E-state index in [1.165, 1.54) is 13.2 Å². The third kappa shape index (κ3) is 1.54. The predicted octanol–water partition coefficient (Wildman–Crippen LogP) is 1.40. The maximum Gasteiger partial charge on any atom is 0.224 e. The molecule has 0 spiro atoms. The van der Waals surface area contributed by atoms with E-state index in [2.05, 4.69) is 0 Å². The minimum absolute atomic E-state index is 0.131. The van der Waals surface area contributed by atoms with E-state index in [9.17, 15) is 9.59 Å². The molecule has 0 saturated carbocycles. The van der Waals surface area contributed by atoms with Crippen molar-refractivity contribution in [1.29, 1.82) is 0 Å². The lowest BCUT2D eigenvalue weighted by atomic mass is 9.95. The molecule has 0 atom stereocenters. The highest BCUT2D eigenvalue weighted by atomic mass is 16.5. The number of methoxy groups -OCH3 is 1. The normalized spacial score (nSPS) is 17.6. The lowest BCUT2D eigenvalue weighted by Gasteiger charge is -2.14. The summed E-state index contributed by atoms with van der Waals surface area (Å²) in [6.07, 6.45) is 1.95. The van der Waals surface area contributed by atoms with Crippen molar-refractivity contribution in [3.63, 3.8) is 0 Å². The van der Waals surface area contributed by atoms with Gasteiger partial charge in [-0.1, -0.05) is 6.92 Å². The number of Topliss-reactive ketones (excluding diaryl/α,β-unsaturated/α-hetero) is 1. The summed E-state index contributed by atoms with van der Waals surface area (Å²) in [6, 6.07) is 0. The Labute approximate surface area is 77.1 Å². The van der Waals surface area contributed by atoms with Crippen LogP contribution in [0.15, 0.2) is 23.0 Å². The molecule has 0 unspecified atom stereocenters. The fourth-order valence-electron chi connectivity index (χ4n) is 1.27. The van der Waals surface area contributed by atoms with Crippen molar-refractivity contribution >= 4 is 11.6 Å². The van der Waals surface area contributed by atoms with Crippen LogP contribution in [0.1, 0.15) is 20.3 Å². The average Bonchev–Trinajstić information content (AvgIpc) is 2.12. The Kier molecular flexibility index (Phi) is 2.66. The largest absolute Gasteiger partial charge is 0.492 e. The van der Waals surface area contributed by atoms with Gasteiger partial charge in [0.2, 0.25) is 5.78 Å². The van der Waals surface area contributed by atoms with Crippen LogP contribution in [0.25, 0.3) is 0 Å². The fourth-order valence-corrected chi connectivity index (χ4v) is 1.27. The van der Waals surface area contributed by atoms with E-state index in [-0.39, 0.29) is 17.3 Å². The molecule has 0 aromatic carbocycles. The molecule has 0 aliphatic heterocycles. The summed E-state index contributed by atoms with van der Waals surface area (Å²) < 4.78 is 4.89. The van der Waals surface area contributed by atoms with Crippen LogP contribution in [0.4, 0.5) is 0 Å². The van der Waals surface area contributed by atoms with Crippen molar-refractivity contribution in [2.75, 3.05) is 7.11 Å². The quantitative estimate of drug-likeness (QED) is 0.603. The second-order valence-corrected chi connectivity index (χ2v) is 2.87. The first-order chi connectivity index (χ1) is 6.11. The maximum absolute atomic E-state index is 11.5. The zero-order valence-corrected chi connectivity index (χ0v) is 8.01. The molecular weight excluding hydrogens is 168 g/mol. The molecule has 0 N–H and O–H groups in total. The number of ether oxygens (including phenoxy) is 1. The standard InChI is InChI=1S/C10H12O3/c1-4-7-5-8(11)6(2)10(13-3)9(7)12/h5H,4H2,1-3H3. The number of carbonyl (C=O) groups is 2. The molecule has 1 aliphatic rings. The molecule has 0 amide bonds. The van der Waals surface area contributed by atoms with Crippen LogP contribution in [-0.4, -0.2) is 18.7 Å².